The molecule has 0 aliphatic heterocycles. The maximum Gasteiger partial charge on any atom is 0.569 e. The van der Waals surface area contributed by atoms with Gasteiger partial charge in [-0.15, -0.1) is 0 Å². The molecule has 101 valence electrons. The Bertz CT molecular complexity index is 712. The first-order valence-corrected chi connectivity index (χ1v) is 6.76. The van der Waals surface area contributed by atoms with E-state index in [0.29, 0.717) is 13.4 Å². The summed E-state index contributed by atoms with van der Waals surface area (Å²) in [6.07, 6.45) is 0. The van der Waals surface area contributed by atoms with E-state index in [1.54, 1.807) is 0 Å². The van der Waals surface area contributed by atoms with Crippen LogP contribution in [0.5, 0.6) is 5.75 Å². The SMILES string of the molecule is O[B]Oc1ccc(-c2ccccc2)c(-c2ccccc2)c1. The van der Waals surface area contributed by atoms with E-state index in [1.165, 1.54) is 0 Å². The highest BCUT2D eigenvalue weighted by Gasteiger charge is 2.09. The van der Waals surface area contributed by atoms with Gasteiger partial charge in [-0.05, 0) is 34.4 Å². The molecule has 1 N–H and O–H groups in total. The molecular formula is C18H14BO2. The average Bonchev–Trinajstić information content (AvgIpc) is 2.57. The van der Waals surface area contributed by atoms with Crippen molar-refractivity contribution < 1.29 is 9.68 Å². The van der Waals surface area contributed by atoms with E-state index < -0.39 is 0 Å². The van der Waals surface area contributed by atoms with E-state index in [1.807, 2.05) is 54.6 Å². The Hall–Kier alpha value is -2.52. The highest BCUT2D eigenvalue weighted by molar-refractivity contribution is 6.17. The van der Waals surface area contributed by atoms with Gasteiger partial charge < -0.3 is 9.68 Å². The normalized spacial score (nSPS) is 10.1. The van der Waals surface area contributed by atoms with E-state index in [-0.39, 0.29) is 0 Å². The van der Waals surface area contributed by atoms with Crippen LogP contribution in [0.1, 0.15) is 0 Å². The number of hydrogen-bond acceptors (Lipinski definition) is 2. The highest BCUT2D eigenvalue weighted by Crippen LogP contribution is 2.34. The Morgan fingerprint density at radius 3 is 1.81 bits per heavy atom. The zero-order valence-corrected chi connectivity index (χ0v) is 11.4. The molecule has 3 heteroatoms. The summed E-state index contributed by atoms with van der Waals surface area (Å²) in [6.45, 7) is 0. The number of rotatable bonds is 4. The van der Waals surface area contributed by atoms with Crippen molar-refractivity contribution in [2.24, 2.45) is 0 Å². The van der Waals surface area contributed by atoms with Crippen LogP contribution in [0.2, 0.25) is 0 Å². The molecular weight excluding hydrogens is 259 g/mol. The minimum Gasteiger partial charge on any atom is -0.537 e. The molecule has 0 amide bonds. The highest BCUT2D eigenvalue weighted by atomic mass is 16.5. The fourth-order valence-electron chi connectivity index (χ4n) is 2.38. The van der Waals surface area contributed by atoms with E-state index in [0.717, 1.165) is 22.3 Å². The monoisotopic (exact) mass is 273 g/mol. The maximum atomic E-state index is 8.82. The lowest BCUT2D eigenvalue weighted by Gasteiger charge is -2.12. The molecule has 2 nitrogen and oxygen atoms in total. The molecule has 0 saturated carbocycles. The van der Waals surface area contributed by atoms with Crippen LogP contribution >= 0.6 is 0 Å². The summed E-state index contributed by atoms with van der Waals surface area (Å²) in [5, 5.41) is 8.82. The lowest BCUT2D eigenvalue weighted by atomic mass is 9.94. The summed E-state index contributed by atoms with van der Waals surface area (Å²) in [5.74, 6) is 0.607. The number of benzene rings is 3. The Balaban J connectivity index is 2.16. The Kier molecular flexibility index (Phi) is 4.03. The topological polar surface area (TPSA) is 29.5 Å². The van der Waals surface area contributed by atoms with Crippen LogP contribution in [0.4, 0.5) is 0 Å². The molecule has 3 rings (SSSR count). The second-order valence-corrected chi connectivity index (χ2v) is 4.66. The third-order valence-electron chi connectivity index (χ3n) is 3.35. The van der Waals surface area contributed by atoms with Crippen molar-refractivity contribution in [1.29, 1.82) is 0 Å². The first-order chi connectivity index (χ1) is 10.4. The van der Waals surface area contributed by atoms with Gasteiger partial charge in [0.05, 0.1) is 0 Å². The van der Waals surface area contributed by atoms with Crippen LogP contribution in [-0.4, -0.2) is 12.7 Å². The van der Waals surface area contributed by atoms with E-state index in [2.05, 4.69) is 24.3 Å². The third-order valence-corrected chi connectivity index (χ3v) is 3.35. The average molecular weight is 273 g/mol. The minimum atomic E-state index is 0.607. The maximum absolute atomic E-state index is 8.82. The van der Waals surface area contributed by atoms with Crippen molar-refractivity contribution in [1.82, 2.24) is 0 Å². The van der Waals surface area contributed by atoms with E-state index >= 15 is 0 Å². The van der Waals surface area contributed by atoms with Gasteiger partial charge in [0.2, 0.25) is 0 Å². The Labute approximate surface area is 125 Å². The van der Waals surface area contributed by atoms with Crippen molar-refractivity contribution in [3.63, 3.8) is 0 Å². The third kappa shape index (κ3) is 2.98. The van der Waals surface area contributed by atoms with Gasteiger partial charge in [-0.3, -0.25) is 0 Å². The molecule has 0 fully saturated rings. The minimum absolute atomic E-state index is 0.607. The fraction of sp³-hybridized carbons (Fsp3) is 0. The molecule has 0 bridgehead atoms. The molecule has 0 aliphatic carbocycles. The summed E-state index contributed by atoms with van der Waals surface area (Å²) in [5.41, 5.74) is 4.46. The predicted octanol–water partition coefficient (Wildman–Crippen LogP) is 3.93. The molecule has 0 aromatic heterocycles. The first kappa shape index (κ1) is 13.5. The van der Waals surface area contributed by atoms with Crippen LogP contribution in [0.25, 0.3) is 22.3 Å². The van der Waals surface area contributed by atoms with E-state index in [4.69, 9.17) is 9.68 Å². The Morgan fingerprint density at radius 2 is 1.24 bits per heavy atom. The zero-order chi connectivity index (χ0) is 14.5. The molecule has 0 spiro atoms. The van der Waals surface area contributed by atoms with Crippen LogP contribution < -0.4 is 4.65 Å². The van der Waals surface area contributed by atoms with Crippen molar-refractivity contribution in [3.8, 4) is 28.0 Å². The molecule has 3 aromatic carbocycles. The van der Waals surface area contributed by atoms with Gasteiger partial charge in [0.15, 0.2) is 0 Å². The van der Waals surface area contributed by atoms with Crippen LogP contribution in [-0.2, 0) is 0 Å². The van der Waals surface area contributed by atoms with Crippen molar-refractivity contribution in [3.05, 3.63) is 78.9 Å². The first-order valence-electron chi connectivity index (χ1n) is 6.76. The molecule has 1 radical (unpaired) electrons. The van der Waals surface area contributed by atoms with Gasteiger partial charge in [0.25, 0.3) is 0 Å². The van der Waals surface area contributed by atoms with Gasteiger partial charge in [-0.1, -0.05) is 66.7 Å². The largest absolute Gasteiger partial charge is 0.569 e. The van der Waals surface area contributed by atoms with Gasteiger partial charge >= 0.3 is 7.69 Å². The van der Waals surface area contributed by atoms with E-state index in [9.17, 15) is 0 Å². The predicted molar refractivity (Wildman–Crippen MR) is 85.9 cm³/mol. The molecule has 0 atom stereocenters. The summed E-state index contributed by atoms with van der Waals surface area (Å²) >= 11 is 0. The second kappa shape index (κ2) is 6.29. The molecule has 0 unspecified atom stereocenters. The fourth-order valence-corrected chi connectivity index (χ4v) is 2.38. The summed E-state index contributed by atoms with van der Waals surface area (Å²) < 4.78 is 5.09. The summed E-state index contributed by atoms with van der Waals surface area (Å²) in [4.78, 5) is 0. The molecule has 21 heavy (non-hydrogen) atoms. The van der Waals surface area contributed by atoms with Crippen molar-refractivity contribution in [2.75, 3.05) is 0 Å². The quantitative estimate of drug-likeness (QED) is 0.730. The smallest absolute Gasteiger partial charge is 0.537 e. The Morgan fingerprint density at radius 1 is 0.667 bits per heavy atom. The molecule has 0 heterocycles. The standard InChI is InChI=1S/C18H14BO2/c20-19-21-16-11-12-17(14-7-3-1-4-8-14)18(13-16)15-9-5-2-6-10-15/h1-13,20H. The van der Waals surface area contributed by atoms with Crippen LogP contribution in [0.15, 0.2) is 78.9 Å². The number of hydrogen-bond donors (Lipinski definition) is 1. The van der Waals surface area contributed by atoms with Gasteiger partial charge in [0, 0.05) is 0 Å². The molecule has 0 saturated heterocycles. The zero-order valence-electron chi connectivity index (χ0n) is 11.4. The van der Waals surface area contributed by atoms with Gasteiger partial charge in [-0.25, -0.2) is 0 Å². The summed E-state index contributed by atoms with van der Waals surface area (Å²) in [7, 11) is 0.701. The van der Waals surface area contributed by atoms with Crippen LogP contribution in [0, 0.1) is 0 Å². The summed E-state index contributed by atoms with van der Waals surface area (Å²) in [6, 6.07) is 26.2. The van der Waals surface area contributed by atoms with Gasteiger partial charge in [0.1, 0.15) is 5.75 Å². The molecule has 0 aliphatic rings. The molecule has 3 aromatic rings. The van der Waals surface area contributed by atoms with Crippen LogP contribution in [0.3, 0.4) is 0 Å². The second-order valence-electron chi connectivity index (χ2n) is 4.66. The lowest BCUT2D eigenvalue weighted by molar-refractivity contribution is 0.454. The van der Waals surface area contributed by atoms with Crippen molar-refractivity contribution >= 4 is 7.69 Å². The van der Waals surface area contributed by atoms with Crippen molar-refractivity contribution in [2.45, 2.75) is 0 Å². The van der Waals surface area contributed by atoms with Gasteiger partial charge in [-0.2, -0.15) is 0 Å². The lowest BCUT2D eigenvalue weighted by Crippen LogP contribution is -2.00.